The second-order valence-electron chi connectivity index (χ2n) is 8.35. The van der Waals surface area contributed by atoms with Crippen LogP contribution in [0.2, 0.25) is 5.02 Å². The van der Waals surface area contributed by atoms with Crippen LogP contribution < -0.4 is 5.32 Å². The van der Waals surface area contributed by atoms with Gasteiger partial charge in [0.15, 0.2) is 5.82 Å². The average Bonchev–Trinajstić information content (AvgIpc) is 3.28. The summed E-state index contributed by atoms with van der Waals surface area (Å²) in [6, 6.07) is 10.5. The van der Waals surface area contributed by atoms with Crippen molar-refractivity contribution in [2.45, 2.75) is 6.92 Å². The van der Waals surface area contributed by atoms with Crippen LogP contribution in [0.1, 0.15) is 27.6 Å². The van der Waals surface area contributed by atoms with Crippen LogP contribution in [-0.2, 0) is 0 Å². The van der Waals surface area contributed by atoms with Crippen molar-refractivity contribution in [2.24, 2.45) is 0 Å². The highest BCUT2D eigenvalue weighted by Gasteiger charge is 2.28. The van der Waals surface area contributed by atoms with E-state index < -0.39 is 34.6 Å². The van der Waals surface area contributed by atoms with Gasteiger partial charge in [0, 0.05) is 40.4 Å². The van der Waals surface area contributed by atoms with Crippen molar-refractivity contribution in [1.29, 1.82) is 0 Å². The summed E-state index contributed by atoms with van der Waals surface area (Å²) in [4.78, 5) is 31.6. The molecule has 4 rings (SSSR count). The molecule has 198 valence electrons. The third kappa shape index (κ3) is 5.21. The molecule has 0 unspecified atom stereocenters. The van der Waals surface area contributed by atoms with Crippen LogP contribution in [0.4, 0.5) is 14.5 Å². The fourth-order valence-electron chi connectivity index (χ4n) is 4.06. The smallest absolute Gasteiger partial charge is 0.268 e. The van der Waals surface area contributed by atoms with Crippen molar-refractivity contribution >= 4 is 51.6 Å². The maximum absolute atomic E-state index is 15.1. The number of ketones is 1. The van der Waals surface area contributed by atoms with Gasteiger partial charge in [-0.25, -0.2) is 13.8 Å². The molecule has 0 bridgehead atoms. The quantitative estimate of drug-likeness (QED) is 0.103. The van der Waals surface area contributed by atoms with Gasteiger partial charge in [0.25, 0.3) is 5.91 Å². The predicted octanol–water partition coefficient (Wildman–Crippen LogP) is 7.69. The number of nitrogens with one attached hydrogen (secondary N) is 1. The van der Waals surface area contributed by atoms with Gasteiger partial charge in [-0.3, -0.25) is 14.2 Å². The monoisotopic (exact) mass is 567 g/mol. The molecule has 0 radical (unpaired) electrons. The normalized spacial score (nSPS) is 12.1. The summed E-state index contributed by atoms with van der Waals surface area (Å²) in [6.07, 6.45) is 5.32. The zero-order valence-electron chi connectivity index (χ0n) is 20.7. The molecule has 0 amide bonds. The Hall–Kier alpha value is -4.27. The maximum atomic E-state index is 15.1. The van der Waals surface area contributed by atoms with Gasteiger partial charge >= 0.3 is 0 Å². The molecule has 0 saturated carbocycles. The van der Waals surface area contributed by atoms with Gasteiger partial charge in [-0.2, -0.15) is 0 Å². The molecule has 0 saturated heterocycles. The highest BCUT2D eigenvalue weighted by Crippen LogP contribution is 2.32. The number of anilines is 1. The number of benzene rings is 2. The van der Waals surface area contributed by atoms with Crippen molar-refractivity contribution in [3.8, 4) is 11.1 Å². The lowest BCUT2D eigenvalue weighted by molar-refractivity contribution is 0.0959. The number of pyridine rings is 1. The van der Waals surface area contributed by atoms with Crippen LogP contribution in [0.25, 0.3) is 22.2 Å². The number of hydrogen-bond acceptors (Lipinski definition) is 5. The highest BCUT2D eigenvalue weighted by molar-refractivity contribution is 6.35. The second kappa shape index (κ2) is 11.2. The average molecular weight is 568 g/mol. The van der Waals surface area contributed by atoms with Gasteiger partial charge in [0.2, 0.25) is 5.78 Å². The van der Waals surface area contributed by atoms with E-state index in [2.05, 4.69) is 16.9 Å². The van der Waals surface area contributed by atoms with Gasteiger partial charge in [0.1, 0.15) is 22.8 Å². The number of aliphatic hydroxyl groups excluding tert-OH is 1. The lowest BCUT2D eigenvalue weighted by Crippen LogP contribution is -2.15. The molecule has 0 aliphatic carbocycles. The van der Waals surface area contributed by atoms with Crippen LogP contribution in [-0.4, -0.2) is 33.4 Å². The third-order valence-corrected chi connectivity index (χ3v) is 6.38. The molecule has 0 spiro atoms. The number of rotatable bonds is 7. The summed E-state index contributed by atoms with van der Waals surface area (Å²) in [7, 11) is 1.43. The second-order valence-corrected chi connectivity index (χ2v) is 9.24. The Labute approximate surface area is 232 Å². The van der Waals surface area contributed by atoms with Crippen molar-refractivity contribution in [1.82, 2.24) is 9.55 Å². The largest absolute Gasteiger partial charge is 0.507 e. The molecule has 6 nitrogen and oxygen atoms in total. The number of fused-ring (bicyclic) bond motifs is 1. The molecule has 0 fully saturated rings. The van der Waals surface area contributed by atoms with Crippen molar-refractivity contribution in [3.63, 3.8) is 0 Å². The summed E-state index contributed by atoms with van der Waals surface area (Å²) < 4.78 is 30.9. The van der Waals surface area contributed by atoms with E-state index in [1.165, 1.54) is 31.5 Å². The van der Waals surface area contributed by atoms with Crippen molar-refractivity contribution in [2.75, 3.05) is 12.4 Å². The number of allylic oxidation sites excluding steroid dienone is 4. The zero-order valence-corrected chi connectivity index (χ0v) is 22.2. The van der Waals surface area contributed by atoms with Crippen molar-refractivity contribution < 1.29 is 23.5 Å². The fraction of sp³-hybridized carbons (Fsp3) is 0.0690. The molecule has 4 aromatic rings. The van der Waals surface area contributed by atoms with E-state index in [9.17, 15) is 19.1 Å². The van der Waals surface area contributed by atoms with Crippen LogP contribution in [0.15, 0.2) is 90.0 Å². The van der Waals surface area contributed by atoms with Gasteiger partial charge in [0.05, 0.1) is 16.8 Å². The van der Waals surface area contributed by atoms with E-state index in [0.717, 1.165) is 16.8 Å². The minimum atomic E-state index is -1.09. The fourth-order valence-corrected chi connectivity index (χ4v) is 4.36. The van der Waals surface area contributed by atoms with Crippen LogP contribution >= 0.6 is 23.2 Å². The number of aromatic nitrogens is 2. The molecular formula is C29H21Cl2F2N3O3. The topological polar surface area (TPSA) is 84.2 Å². The third-order valence-electron chi connectivity index (χ3n) is 5.94. The van der Waals surface area contributed by atoms with E-state index in [1.807, 2.05) is 0 Å². The Morgan fingerprint density at radius 1 is 1.13 bits per heavy atom. The molecule has 0 aliphatic heterocycles. The number of halogens is 4. The zero-order chi connectivity index (χ0) is 28.4. The lowest BCUT2D eigenvalue weighted by atomic mass is 10.00. The highest BCUT2D eigenvalue weighted by atomic mass is 35.5. The maximum Gasteiger partial charge on any atom is 0.268 e. The minimum Gasteiger partial charge on any atom is -0.507 e. The number of carbonyl (C=O) groups is 2. The molecule has 39 heavy (non-hydrogen) atoms. The van der Waals surface area contributed by atoms with Gasteiger partial charge < -0.3 is 10.4 Å². The van der Waals surface area contributed by atoms with Gasteiger partial charge in [-0.05, 0) is 48.9 Å². The molecule has 2 aromatic carbocycles. The molecule has 0 aliphatic rings. The lowest BCUT2D eigenvalue weighted by Gasteiger charge is -2.08. The summed E-state index contributed by atoms with van der Waals surface area (Å²) in [5, 5.41) is 13.4. The Morgan fingerprint density at radius 3 is 2.44 bits per heavy atom. The SMILES string of the molecule is C=C(Cl)/C(C(=O)n1cc(C(=O)c2c(F)ccc(NC)c2F)c2cc(-c3ccc(Cl)cc3)cnc21)=C(O)\C=C/C. The van der Waals surface area contributed by atoms with E-state index in [4.69, 9.17) is 23.2 Å². The van der Waals surface area contributed by atoms with E-state index in [-0.39, 0.29) is 32.9 Å². The van der Waals surface area contributed by atoms with Crippen molar-refractivity contribution in [3.05, 3.63) is 118 Å². The summed E-state index contributed by atoms with van der Waals surface area (Å²) in [5.74, 6) is -4.50. The van der Waals surface area contributed by atoms with E-state index in [0.29, 0.717) is 16.1 Å². The van der Waals surface area contributed by atoms with E-state index >= 15 is 4.39 Å². The molecule has 10 heteroatoms. The van der Waals surface area contributed by atoms with Crippen LogP contribution in [0.5, 0.6) is 0 Å². The Morgan fingerprint density at radius 2 is 1.82 bits per heavy atom. The van der Waals surface area contributed by atoms with Gasteiger partial charge in [-0.1, -0.05) is 48.0 Å². The summed E-state index contributed by atoms with van der Waals surface area (Å²) in [6.45, 7) is 5.18. The van der Waals surface area contributed by atoms with E-state index in [1.54, 1.807) is 37.3 Å². The standard InChI is InChI=1S/C29H21Cl2F2N3O3/c1-4-5-23(37)24(15(2)30)29(39)36-14-20(27(38)25-21(32)10-11-22(34-3)26(25)33)19-12-17(13-35-28(19)36)16-6-8-18(31)9-7-16/h4-14,34,37H,2H2,1,3H3/b5-4-,24-23-. The number of carbonyl (C=O) groups excluding carboxylic acids is 2. The number of nitrogens with zero attached hydrogens (tertiary/aromatic N) is 2. The molecular weight excluding hydrogens is 547 g/mol. The van der Waals surface area contributed by atoms with Crippen LogP contribution in [0, 0.1) is 11.6 Å². The number of hydrogen-bond donors (Lipinski definition) is 2. The first-order valence-electron chi connectivity index (χ1n) is 11.5. The Balaban J connectivity index is 2.02. The van der Waals surface area contributed by atoms with Crippen LogP contribution in [0.3, 0.4) is 0 Å². The first-order valence-corrected chi connectivity index (χ1v) is 12.3. The molecule has 2 N–H and O–H groups in total. The Kier molecular flexibility index (Phi) is 7.99. The Bertz CT molecular complexity index is 1710. The predicted molar refractivity (Wildman–Crippen MR) is 150 cm³/mol. The number of aliphatic hydroxyl groups is 1. The minimum absolute atomic E-state index is 0.00431. The first kappa shape index (κ1) is 27.8. The summed E-state index contributed by atoms with van der Waals surface area (Å²) in [5.41, 5.74) is -0.185. The first-order chi connectivity index (χ1) is 18.6. The molecule has 2 heterocycles. The summed E-state index contributed by atoms with van der Waals surface area (Å²) >= 11 is 12.0. The molecule has 0 atom stereocenters. The molecule has 2 aromatic heterocycles. The van der Waals surface area contributed by atoms with Gasteiger partial charge in [-0.15, -0.1) is 0 Å².